The zero-order valence-corrected chi connectivity index (χ0v) is 8.71. The Kier molecular flexibility index (Phi) is 3.23. The van der Waals surface area contributed by atoms with Gasteiger partial charge in [-0.1, -0.05) is 0 Å². The van der Waals surface area contributed by atoms with E-state index in [1.54, 1.807) is 0 Å². The van der Waals surface area contributed by atoms with E-state index in [0.717, 1.165) is 0 Å². The van der Waals surface area contributed by atoms with Crippen molar-refractivity contribution >= 4 is 21.9 Å². The van der Waals surface area contributed by atoms with Crippen LogP contribution in [-0.2, 0) is 6.54 Å². The summed E-state index contributed by atoms with van der Waals surface area (Å²) in [6.45, 7) is 0.141. The van der Waals surface area contributed by atoms with Gasteiger partial charge in [0.25, 0.3) is 0 Å². The smallest absolute Gasteiger partial charge is 0.335 e. The third kappa shape index (κ3) is 1.92. The summed E-state index contributed by atoms with van der Waals surface area (Å²) in [5.74, 6) is -1.04. The van der Waals surface area contributed by atoms with Crippen molar-refractivity contribution in [1.82, 2.24) is 0 Å². The van der Waals surface area contributed by atoms with Crippen LogP contribution in [0.3, 0.4) is 0 Å². The van der Waals surface area contributed by atoms with E-state index in [2.05, 4.69) is 15.9 Å². The Hall–Kier alpha value is -1.38. The summed E-state index contributed by atoms with van der Waals surface area (Å²) in [7, 11) is 0. The Morgan fingerprint density at radius 3 is 2.71 bits per heavy atom. The topological polar surface area (TPSA) is 87.1 Å². The molecular weight excluding hydrogens is 248 g/mol. The lowest BCUT2D eigenvalue weighted by Crippen LogP contribution is -2.04. The summed E-state index contributed by atoms with van der Waals surface area (Å²) < 4.78 is 0.459. The van der Waals surface area contributed by atoms with Crippen LogP contribution in [0.5, 0.6) is 0 Å². The van der Waals surface area contributed by atoms with E-state index >= 15 is 0 Å². The first-order valence-electron chi connectivity index (χ1n) is 3.76. The third-order valence-corrected chi connectivity index (χ3v) is 2.38. The maximum atomic E-state index is 10.7. The predicted molar refractivity (Wildman–Crippen MR) is 53.7 cm³/mol. The van der Waals surface area contributed by atoms with Crippen LogP contribution in [0.1, 0.15) is 21.5 Å². The highest BCUT2D eigenvalue weighted by atomic mass is 79.9. The fourth-order valence-corrected chi connectivity index (χ4v) is 1.66. The second-order valence-corrected chi connectivity index (χ2v) is 3.47. The van der Waals surface area contributed by atoms with E-state index in [1.807, 2.05) is 6.07 Å². The van der Waals surface area contributed by atoms with Crippen molar-refractivity contribution in [2.75, 3.05) is 0 Å². The van der Waals surface area contributed by atoms with E-state index in [0.29, 0.717) is 15.6 Å². The van der Waals surface area contributed by atoms with E-state index in [1.165, 1.54) is 12.1 Å². The minimum absolute atomic E-state index is 0.122. The van der Waals surface area contributed by atoms with Crippen molar-refractivity contribution in [3.8, 4) is 6.07 Å². The number of hydrogen-bond acceptors (Lipinski definition) is 3. The highest BCUT2D eigenvalue weighted by molar-refractivity contribution is 9.10. The van der Waals surface area contributed by atoms with Crippen LogP contribution < -0.4 is 5.73 Å². The molecule has 0 heterocycles. The largest absolute Gasteiger partial charge is 0.478 e. The normalized spacial score (nSPS) is 9.50. The Bertz CT molecular complexity index is 424. The number of carboxylic acid groups (broad SMARTS) is 1. The molecule has 0 spiro atoms. The maximum absolute atomic E-state index is 10.7. The number of rotatable bonds is 2. The number of carbonyl (C=O) groups is 1. The minimum Gasteiger partial charge on any atom is -0.478 e. The molecular formula is C9H7BrN2O2. The molecule has 72 valence electrons. The molecule has 5 heteroatoms. The molecule has 0 unspecified atom stereocenters. The Morgan fingerprint density at radius 2 is 2.29 bits per heavy atom. The van der Waals surface area contributed by atoms with E-state index in [-0.39, 0.29) is 12.1 Å². The fraction of sp³-hybridized carbons (Fsp3) is 0.111. The Balaban J connectivity index is 3.40. The molecule has 0 saturated heterocycles. The molecule has 0 bridgehead atoms. The first-order valence-corrected chi connectivity index (χ1v) is 4.55. The number of benzene rings is 1. The van der Waals surface area contributed by atoms with Crippen LogP contribution >= 0.6 is 15.9 Å². The second-order valence-electron chi connectivity index (χ2n) is 2.61. The number of halogens is 1. The summed E-state index contributed by atoms with van der Waals surface area (Å²) in [5, 5.41) is 17.5. The van der Waals surface area contributed by atoms with Crippen molar-refractivity contribution in [2.45, 2.75) is 6.54 Å². The zero-order chi connectivity index (χ0) is 10.7. The number of carboxylic acids is 1. The molecule has 0 saturated carbocycles. The highest BCUT2D eigenvalue weighted by Crippen LogP contribution is 2.22. The Morgan fingerprint density at radius 1 is 1.64 bits per heavy atom. The lowest BCUT2D eigenvalue weighted by Gasteiger charge is -2.04. The first kappa shape index (κ1) is 10.7. The average Bonchev–Trinajstić information content (AvgIpc) is 2.16. The molecule has 1 aromatic rings. The fourth-order valence-electron chi connectivity index (χ4n) is 1.07. The molecule has 3 N–H and O–H groups in total. The molecule has 0 aliphatic heterocycles. The van der Waals surface area contributed by atoms with Gasteiger partial charge in [-0.3, -0.25) is 0 Å². The average molecular weight is 255 g/mol. The van der Waals surface area contributed by atoms with Crippen LogP contribution in [0, 0.1) is 11.3 Å². The summed E-state index contributed by atoms with van der Waals surface area (Å²) in [5.41, 5.74) is 6.43. The quantitative estimate of drug-likeness (QED) is 0.837. The molecule has 0 aliphatic carbocycles. The zero-order valence-electron chi connectivity index (χ0n) is 7.12. The molecule has 0 fully saturated rings. The molecule has 14 heavy (non-hydrogen) atoms. The number of aromatic carboxylic acids is 1. The van der Waals surface area contributed by atoms with Crippen molar-refractivity contribution in [2.24, 2.45) is 5.73 Å². The van der Waals surface area contributed by atoms with Gasteiger partial charge in [0, 0.05) is 11.0 Å². The van der Waals surface area contributed by atoms with Gasteiger partial charge in [-0.15, -0.1) is 0 Å². The molecule has 0 aromatic heterocycles. The van der Waals surface area contributed by atoms with Crippen molar-refractivity contribution in [3.05, 3.63) is 33.3 Å². The van der Waals surface area contributed by atoms with Crippen LogP contribution in [0.15, 0.2) is 16.6 Å². The van der Waals surface area contributed by atoms with Gasteiger partial charge in [0.1, 0.15) is 6.07 Å². The number of nitrogens with zero attached hydrogens (tertiary/aromatic N) is 1. The second kappa shape index (κ2) is 4.22. The number of nitriles is 1. The van der Waals surface area contributed by atoms with Gasteiger partial charge in [0.05, 0.1) is 11.1 Å². The van der Waals surface area contributed by atoms with Gasteiger partial charge in [-0.2, -0.15) is 5.26 Å². The number of nitrogens with two attached hydrogens (primary N) is 1. The van der Waals surface area contributed by atoms with Crippen molar-refractivity contribution in [1.29, 1.82) is 5.26 Å². The predicted octanol–water partition coefficient (Wildman–Crippen LogP) is 1.48. The lowest BCUT2D eigenvalue weighted by molar-refractivity contribution is 0.0696. The van der Waals surface area contributed by atoms with Gasteiger partial charge < -0.3 is 10.8 Å². The monoisotopic (exact) mass is 254 g/mol. The van der Waals surface area contributed by atoms with Gasteiger partial charge in [0.2, 0.25) is 0 Å². The Labute approximate surface area is 89.1 Å². The van der Waals surface area contributed by atoms with Crippen LogP contribution in [0.2, 0.25) is 0 Å². The third-order valence-electron chi connectivity index (χ3n) is 1.75. The molecule has 0 amide bonds. The summed E-state index contributed by atoms with van der Waals surface area (Å²) in [4.78, 5) is 10.7. The molecule has 4 nitrogen and oxygen atoms in total. The van der Waals surface area contributed by atoms with Crippen molar-refractivity contribution < 1.29 is 9.90 Å². The molecule has 0 radical (unpaired) electrons. The van der Waals surface area contributed by atoms with Crippen LogP contribution in [0.4, 0.5) is 0 Å². The first-order chi connectivity index (χ1) is 6.60. The standard InChI is InChI=1S/C9H7BrN2O2/c10-8-2-5(9(13)14)1-6(3-11)7(8)4-12/h1-2H,3,11H2,(H,13,14). The lowest BCUT2D eigenvalue weighted by atomic mass is 10.0. The van der Waals surface area contributed by atoms with Crippen molar-refractivity contribution in [3.63, 3.8) is 0 Å². The van der Waals surface area contributed by atoms with E-state index in [9.17, 15) is 4.79 Å². The molecule has 0 atom stereocenters. The molecule has 1 aromatic carbocycles. The van der Waals surface area contributed by atoms with E-state index < -0.39 is 5.97 Å². The van der Waals surface area contributed by atoms with Gasteiger partial charge in [-0.25, -0.2) is 4.79 Å². The SMILES string of the molecule is N#Cc1c(Br)cc(C(=O)O)cc1CN. The summed E-state index contributed by atoms with van der Waals surface area (Å²) in [6.07, 6.45) is 0. The number of hydrogen-bond donors (Lipinski definition) is 2. The molecule has 1 rings (SSSR count). The minimum atomic E-state index is -1.04. The van der Waals surface area contributed by atoms with E-state index in [4.69, 9.17) is 16.1 Å². The van der Waals surface area contributed by atoms with Gasteiger partial charge in [-0.05, 0) is 33.6 Å². The van der Waals surface area contributed by atoms with Crippen LogP contribution in [-0.4, -0.2) is 11.1 Å². The van der Waals surface area contributed by atoms with Gasteiger partial charge >= 0.3 is 5.97 Å². The molecule has 0 aliphatic rings. The highest BCUT2D eigenvalue weighted by Gasteiger charge is 2.11. The van der Waals surface area contributed by atoms with Gasteiger partial charge in [0.15, 0.2) is 0 Å². The maximum Gasteiger partial charge on any atom is 0.335 e. The van der Waals surface area contributed by atoms with Crippen LogP contribution in [0.25, 0.3) is 0 Å². The summed E-state index contributed by atoms with van der Waals surface area (Å²) >= 11 is 3.13. The summed E-state index contributed by atoms with van der Waals surface area (Å²) in [6, 6.07) is 4.76.